The molecule has 7 amide bonds. The van der Waals surface area contributed by atoms with Crippen molar-refractivity contribution >= 4 is 41.4 Å². The maximum absolute atomic E-state index is 13.8. The second kappa shape index (κ2) is 31.5. The Morgan fingerprint density at radius 3 is 1.25 bits per heavy atom. The Morgan fingerprint density at radius 1 is 0.495 bits per heavy atom. The van der Waals surface area contributed by atoms with Gasteiger partial charge in [0.2, 0.25) is 17.7 Å². The quantitative estimate of drug-likeness (QED) is 0.0506. The number of carbonyl (C=O) groups excluding carboxylic acids is 7. The van der Waals surface area contributed by atoms with Crippen LogP contribution in [0.1, 0.15) is 117 Å². The zero-order chi connectivity index (χ0) is 66.1. The second-order valence-corrected chi connectivity index (χ2v) is 22.9. The summed E-state index contributed by atoms with van der Waals surface area (Å²) in [6.45, 7) is 16.8. The highest BCUT2D eigenvalue weighted by atomic mass is 19.1. The highest BCUT2D eigenvalue weighted by Crippen LogP contribution is 2.33. The van der Waals surface area contributed by atoms with Gasteiger partial charge >= 0.3 is 0 Å². The molecule has 0 bridgehead atoms. The maximum atomic E-state index is 13.8. The highest BCUT2D eigenvalue weighted by Gasteiger charge is 2.30. The average molecular weight is 1270 g/mol. The number of rotatable bonds is 19. The molecule has 4 aliphatic heterocycles. The second-order valence-electron chi connectivity index (χ2n) is 22.9. The van der Waals surface area contributed by atoms with Crippen molar-refractivity contribution in [2.45, 2.75) is 75.9 Å². The fraction of sp³-hybridized carbons (Fsp3) is 0.333. The lowest BCUT2D eigenvalue weighted by Crippen LogP contribution is -2.40. The Labute approximate surface area is 538 Å². The topological polar surface area (TPSA) is 292 Å². The first-order chi connectivity index (χ1) is 45.0. The molecule has 0 unspecified atom stereocenters. The SMILES string of the molecule is C=CC(=O)N1CCC[C@@H](n2cc(C(N)=O)c(-c3ccc(C(=O)N4CCCCC4)cc3)n2)C1.C=CC(=O)N1CCC[C@@H](n2cc(C(N)=O)c(-c3ccc(OCCOC)cc3)n2)C1.C=CC(=O)N1CCC[C@@H](n2cc(C(N)=O)c(-c3ccc(Oc4ccccc4F)cc3)n2)C1. The number of hydrogen-bond donors (Lipinski definition) is 3. The Balaban J connectivity index is 0.000000165. The van der Waals surface area contributed by atoms with E-state index in [9.17, 15) is 38.0 Å². The molecule has 93 heavy (non-hydrogen) atoms. The van der Waals surface area contributed by atoms with E-state index in [1.807, 2.05) is 41.3 Å². The van der Waals surface area contributed by atoms with Gasteiger partial charge in [0.05, 0.1) is 41.4 Å². The van der Waals surface area contributed by atoms with Gasteiger partial charge in [-0.2, -0.15) is 15.3 Å². The molecule has 23 nitrogen and oxygen atoms in total. The summed E-state index contributed by atoms with van der Waals surface area (Å²) in [5, 5.41) is 13.9. The number of halogens is 1. The maximum Gasteiger partial charge on any atom is 0.253 e. The number of piperidine rings is 4. The molecule has 486 valence electrons. The number of methoxy groups -OCH3 is 1. The third-order valence-corrected chi connectivity index (χ3v) is 16.7. The van der Waals surface area contributed by atoms with Crippen molar-refractivity contribution in [2.24, 2.45) is 17.2 Å². The van der Waals surface area contributed by atoms with E-state index in [0.29, 0.717) is 109 Å². The summed E-state index contributed by atoms with van der Waals surface area (Å²) in [5.41, 5.74) is 22.1. The number of benzene rings is 4. The minimum Gasteiger partial charge on any atom is -0.491 e. The summed E-state index contributed by atoms with van der Waals surface area (Å²) < 4.78 is 35.2. The molecular formula is C69H78FN13O10. The van der Waals surface area contributed by atoms with Gasteiger partial charge in [0.1, 0.15) is 35.2 Å². The number of hydrogen-bond acceptors (Lipinski definition) is 13. The third kappa shape index (κ3) is 16.7. The largest absolute Gasteiger partial charge is 0.491 e. The van der Waals surface area contributed by atoms with Crippen molar-refractivity contribution in [3.63, 3.8) is 0 Å². The Morgan fingerprint density at radius 2 is 0.871 bits per heavy atom. The number of carbonyl (C=O) groups is 7. The first-order valence-corrected chi connectivity index (χ1v) is 31.0. The van der Waals surface area contributed by atoms with Gasteiger partial charge in [-0.1, -0.05) is 44.0 Å². The monoisotopic (exact) mass is 1270 g/mol. The van der Waals surface area contributed by atoms with Crippen LogP contribution in [0.4, 0.5) is 4.39 Å². The van der Waals surface area contributed by atoms with Gasteiger partial charge in [0.25, 0.3) is 23.6 Å². The van der Waals surface area contributed by atoms with E-state index in [0.717, 1.165) is 75.6 Å². The van der Waals surface area contributed by atoms with Crippen LogP contribution in [0.3, 0.4) is 0 Å². The van der Waals surface area contributed by atoms with Gasteiger partial charge in [-0.25, -0.2) is 4.39 Å². The first kappa shape index (κ1) is 66.9. The lowest BCUT2D eigenvalue weighted by atomic mass is 10.0. The Hall–Kier alpha value is -10.5. The van der Waals surface area contributed by atoms with Crippen molar-refractivity contribution in [2.75, 3.05) is 72.7 Å². The molecule has 3 aromatic heterocycles. The molecule has 0 spiro atoms. The van der Waals surface area contributed by atoms with Gasteiger partial charge in [0, 0.05) is 100 Å². The fourth-order valence-corrected chi connectivity index (χ4v) is 11.8. The van der Waals surface area contributed by atoms with Crippen LogP contribution in [0, 0.1) is 5.82 Å². The van der Waals surface area contributed by atoms with Gasteiger partial charge < -0.3 is 51.0 Å². The predicted octanol–water partition coefficient (Wildman–Crippen LogP) is 8.58. The van der Waals surface area contributed by atoms with Crippen molar-refractivity contribution in [3.05, 3.63) is 182 Å². The summed E-state index contributed by atoms with van der Waals surface area (Å²) in [4.78, 5) is 92.0. The van der Waals surface area contributed by atoms with E-state index in [1.165, 1.54) is 30.7 Å². The van der Waals surface area contributed by atoms with Gasteiger partial charge in [0.15, 0.2) is 11.6 Å². The summed E-state index contributed by atoms with van der Waals surface area (Å²) >= 11 is 0. The Bertz CT molecular complexity index is 3840. The minimum atomic E-state index is -0.590. The fourth-order valence-electron chi connectivity index (χ4n) is 11.8. The summed E-state index contributed by atoms with van der Waals surface area (Å²) in [5.74, 6) is -1.16. The summed E-state index contributed by atoms with van der Waals surface area (Å²) in [7, 11) is 1.62. The molecule has 4 saturated heterocycles. The van der Waals surface area contributed by atoms with E-state index in [-0.39, 0.29) is 47.5 Å². The smallest absolute Gasteiger partial charge is 0.253 e. The number of nitrogens with zero attached hydrogens (tertiary/aromatic N) is 10. The van der Waals surface area contributed by atoms with Crippen LogP contribution in [0.2, 0.25) is 0 Å². The zero-order valence-electron chi connectivity index (χ0n) is 52.2. The van der Waals surface area contributed by atoms with Crippen LogP contribution in [0.15, 0.2) is 154 Å². The number of primary amides is 3. The van der Waals surface area contributed by atoms with E-state index >= 15 is 0 Å². The summed E-state index contributed by atoms with van der Waals surface area (Å²) in [6.07, 6.45) is 17.2. The molecule has 7 heterocycles. The van der Waals surface area contributed by atoms with Crippen LogP contribution < -0.4 is 26.7 Å². The van der Waals surface area contributed by atoms with E-state index < -0.39 is 23.5 Å². The van der Waals surface area contributed by atoms with Crippen LogP contribution in [-0.4, -0.2) is 163 Å². The molecule has 6 N–H and O–H groups in total. The lowest BCUT2D eigenvalue weighted by molar-refractivity contribution is -0.128. The van der Waals surface area contributed by atoms with E-state index in [2.05, 4.69) is 35.0 Å². The van der Waals surface area contributed by atoms with Crippen molar-refractivity contribution in [3.8, 4) is 51.0 Å². The number of aromatic nitrogens is 6. The van der Waals surface area contributed by atoms with Crippen LogP contribution in [0.5, 0.6) is 17.2 Å². The molecule has 0 saturated carbocycles. The minimum absolute atomic E-state index is 0.0175. The van der Waals surface area contributed by atoms with Gasteiger partial charge in [-0.3, -0.25) is 47.6 Å². The van der Waals surface area contributed by atoms with E-state index in [4.69, 9.17) is 31.4 Å². The number of ether oxygens (including phenoxy) is 3. The van der Waals surface area contributed by atoms with Crippen LogP contribution in [-0.2, 0) is 19.1 Å². The molecule has 11 rings (SSSR count). The molecule has 4 aliphatic rings. The van der Waals surface area contributed by atoms with Gasteiger partial charge in [-0.15, -0.1) is 0 Å². The molecular weight excluding hydrogens is 1190 g/mol. The average Bonchev–Trinajstić information content (AvgIpc) is 2.12. The molecule has 24 heteroatoms. The van der Waals surface area contributed by atoms with Crippen LogP contribution in [0.25, 0.3) is 33.8 Å². The lowest BCUT2D eigenvalue weighted by Gasteiger charge is -2.32. The predicted molar refractivity (Wildman–Crippen MR) is 347 cm³/mol. The van der Waals surface area contributed by atoms with Crippen molar-refractivity contribution in [1.29, 1.82) is 0 Å². The van der Waals surface area contributed by atoms with Crippen LogP contribution >= 0.6 is 0 Å². The number of nitrogens with two attached hydrogens (primary N) is 3. The number of likely N-dealkylation sites (tertiary alicyclic amines) is 4. The molecule has 7 aromatic rings. The molecule has 0 radical (unpaired) electrons. The highest BCUT2D eigenvalue weighted by molar-refractivity contribution is 6.01. The molecule has 0 aliphatic carbocycles. The van der Waals surface area contributed by atoms with Gasteiger partial charge in [-0.05, 0) is 149 Å². The molecule has 3 atom stereocenters. The van der Waals surface area contributed by atoms with Crippen molar-refractivity contribution < 1.29 is 52.2 Å². The zero-order valence-corrected chi connectivity index (χ0v) is 52.2. The standard InChI is InChI=1S/C24H23FN4O3.C24H29N5O3.C21H26N4O4/c1-2-22(30)28-13-5-6-17(14-28)29-15-19(24(26)31)23(27-29)16-9-11-18(12-10-16)32-21-8-4-3-7-20(21)25;1-2-21(30)28-14-6-7-19(15-28)29-16-20(23(25)31)22(26-29)17-8-10-18(11-9-17)24(32)27-12-4-3-5-13-27;1-3-19(26)24-10-4-5-16(13-24)25-14-18(21(22)27)20(23-25)15-6-8-17(9-7-15)29-12-11-28-2/h2-4,7-12,15,17H,1,5-6,13-14H2,(H2,26,31);2,8-11,16,19H,1,3-7,12-15H2,(H2,25,31);3,6-9,14,16H,1,4-5,10-13H2,2H3,(H2,22,27)/t17-;19-;16-/m111/s1. The third-order valence-electron chi connectivity index (χ3n) is 16.7. The van der Waals surface area contributed by atoms with E-state index in [1.54, 1.807) is 109 Å². The molecule has 4 aromatic carbocycles. The first-order valence-electron chi connectivity index (χ1n) is 31.0. The number of para-hydroxylation sites is 1. The Kier molecular flexibility index (Phi) is 22.7. The summed E-state index contributed by atoms with van der Waals surface area (Å²) in [6, 6.07) is 27.4. The van der Waals surface area contributed by atoms with Crippen molar-refractivity contribution in [1.82, 2.24) is 48.9 Å². The number of amides is 7. The molecule has 4 fully saturated rings. The normalized spacial score (nSPS) is 17.1.